The van der Waals surface area contributed by atoms with Crippen LogP contribution in [0.2, 0.25) is 0 Å². The van der Waals surface area contributed by atoms with Crippen LogP contribution < -0.4 is 5.73 Å². The van der Waals surface area contributed by atoms with Crippen LogP contribution in [0.5, 0.6) is 0 Å². The largest absolute Gasteiger partial charge is 0.477 e. The summed E-state index contributed by atoms with van der Waals surface area (Å²) in [4.78, 5) is 10.3. The molecule has 0 spiro atoms. The number of H-pyrrole nitrogens is 1. The molecule has 62 valence electrons. The third-order valence-electron chi connectivity index (χ3n) is 1.26. The molecule has 11 heavy (non-hydrogen) atoms. The van der Waals surface area contributed by atoms with Crippen LogP contribution in [0.3, 0.4) is 0 Å². The normalized spacial score (nSPS) is 8.82. The van der Waals surface area contributed by atoms with E-state index in [1.165, 1.54) is 0 Å². The first kappa shape index (κ1) is 9.77. The number of nitrogens with two attached hydrogens (primary N) is 1. The predicted octanol–water partition coefficient (Wildman–Crippen LogP) is 0.420. The highest BCUT2D eigenvalue weighted by Gasteiger charge is 2.11. The lowest BCUT2D eigenvalue weighted by molar-refractivity contribution is 0.0689. The van der Waals surface area contributed by atoms with Crippen LogP contribution in [0.1, 0.15) is 16.1 Å². The predicted molar refractivity (Wildman–Crippen MR) is 41.9 cm³/mol. The van der Waals surface area contributed by atoms with E-state index in [1.807, 2.05) is 0 Å². The van der Waals surface area contributed by atoms with Gasteiger partial charge in [0.15, 0.2) is 0 Å². The molecule has 4 N–H and O–H groups in total. The number of hydrogen-bond acceptors (Lipinski definition) is 3. The van der Waals surface area contributed by atoms with Crippen LogP contribution in [-0.4, -0.2) is 21.3 Å². The molecular weight excluding hydrogens is 170 g/mol. The summed E-state index contributed by atoms with van der Waals surface area (Å²) in [6.45, 7) is 1.60. The molecule has 0 amide bonds. The molecule has 0 unspecified atom stereocenters. The molecule has 0 fully saturated rings. The van der Waals surface area contributed by atoms with Gasteiger partial charge in [-0.25, -0.2) is 4.79 Å². The molecule has 0 aliphatic heterocycles. The maximum absolute atomic E-state index is 10.3. The summed E-state index contributed by atoms with van der Waals surface area (Å²) in [5.74, 6) is -0.806. The van der Waals surface area contributed by atoms with Crippen molar-refractivity contribution in [3.05, 3.63) is 11.3 Å². The van der Waals surface area contributed by atoms with Gasteiger partial charge in [0.2, 0.25) is 0 Å². The Hall–Kier alpha value is -1.23. The van der Waals surface area contributed by atoms with Gasteiger partial charge < -0.3 is 10.8 Å². The number of carboxylic acid groups (broad SMARTS) is 1. The zero-order chi connectivity index (χ0) is 7.72. The second kappa shape index (κ2) is 3.25. The van der Waals surface area contributed by atoms with Crippen LogP contribution in [0.4, 0.5) is 5.82 Å². The zero-order valence-corrected chi connectivity index (χ0v) is 6.60. The van der Waals surface area contributed by atoms with Gasteiger partial charge in [-0.3, -0.25) is 5.10 Å². The first-order valence-corrected chi connectivity index (χ1v) is 2.66. The van der Waals surface area contributed by atoms with Gasteiger partial charge in [-0.2, -0.15) is 5.10 Å². The summed E-state index contributed by atoms with van der Waals surface area (Å²) >= 11 is 0. The summed E-state index contributed by atoms with van der Waals surface area (Å²) in [7, 11) is 0. The number of nitrogens with one attached hydrogen (secondary N) is 1. The molecule has 0 bridgehead atoms. The summed E-state index contributed by atoms with van der Waals surface area (Å²) < 4.78 is 0. The van der Waals surface area contributed by atoms with E-state index in [0.717, 1.165) is 0 Å². The van der Waals surface area contributed by atoms with Gasteiger partial charge in [0.1, 0.15) is 11.5 Å². The van der Waals surface area contributed by atoms with E-state index in [2.05, 4.69) is 10.2 Å². The molecule has 0 saturated carbocycles. The van der Waals surface area contributed by atoms with E-state index in [-0.39, 0.29) is 23.9 Å². The van der Waals surface area contributed by atoms with Crippen molar-refractivity contribution in [2.75, 3.05) is 5.73 Å². The van der Waals surface area contributed by atoms with Crippen LogP contribution in [0, 0.1) is 6.92 Å². The van der Waals surface area contributed by atoms with Gasteiger partial charge in [-0.15, -0.1) is 12.4 Å². The topological polar surface area (TPSA) is 92.0 Å². The summed E-state index contributed by atoms with van der Waals surface area (Å²) in [5, 5.41) is 14.3. The highest BCUT2D eigenvalue weighted by atomic mass is 35.5. The minimum atomic E-state index is -1.04. The Labute approximate surface area is 69.0 Å². The van der Waals surface area contributed by atoms with Gasteiger partial charge in [-0.1, -0.05) is 0 Å². The van der Waals surface area contributed by atoms with Crippen LogP contribution in [0.15, 0.2) is 0 Å². The van der Waals surface area contributed by atoms with E-state index in [4.69, 9.17) is 10.8 Å². The Balaban J connectivity index is 0.000001000. The van der Waals surface area contributed by atoms with Crippen molar-refractivity contribution in [2.45, 2.75) is 6.92 Å². The summed E-state index contributed by atoms with van der Waals surface area (Å²) in [6.07, 6.45) is 0. The fourth-order valence-electron chi connectivity index (χ4n) is 0.620. The lowest BCUT2D eigenvalue weighted by atomic mass is 10.2. The van der Waals surface area contributed by atoms with Crippen LogP contribution in [-0.2, 0) is 0 Å². The van der Waals surface area contributed by atoms with Crippen molar-refractivity contribution in [2.24, 2.45) is 0 Å². The monoisotopic (exact) mass is 177 g/mol. The Bertz CT molecular complexity index is 271. The third kappa shape index (κ3) is 1.62. The second-order valence-electron chi connectivity index (χ2n) is 1.91. The van der Waals surface area contributed by atoms with Gasteiger partial charge in [-0.05, 0) is 6.92 Å². The summed E-state index contributed by atoms with van der Waals surface area (Å²) in [6, 6.07) is 0. The molecule has 0 aliphatic rings. The minimum Gasteiger partial charge on any atom is -0.477 e. The Morgan fingerprint density at radius 2 is 2.27 bits per heavy atom. The Morgan fingerprint density at radius 3 is 2.45 bits per heavy atom. The lowest BCUT2D eigenvalue weighted by Crippen LogP contribution is -1.98. The number of carboxylic acids is 1. The number of aromatic nitrogens is 2. The van der Waals surface area contributed by atoms with Crippen molar-refractivity contribution in [3.8, 4) is 0 Å². The molecule has 6 heteroatoms. The van der Waals surface area contributed by atoms with E-state index < -0.39 is 5.97 Å². The number of hydrogen-bond donors (Lipinski definition) is 3. The third-order valence-corrected chi connectivity index (χ3v) is 1.26. The van der Waals surface area contributed by atoms with Crippen molar-refractivity contribution in [1.82, 2.24) is 10.2 Å². The number of carbonyl (C=O) groups is 1. The molecule has 1 rings (SSSR count). The fraction of sp³-hybridized carbons (Fsp3) is 0.200. The average Bonchev–Trinajstić information content (AvgIpc) is 2.14. The maximum atomic E-state index is 10.3. The van der Waals surface area contributed by atoms with Gasteiger partial charge >= 0.3 is 5.97 Å². The number of aromatic carboxylic acids is 1. The molecule has 1 aromatic heterocycles. The van der Waals surface area contributed by atoms with Gasteiger partial charge in [0.25, 0.3) is 0 Å². The number of halogens is 1. The van der Waals surface area contributed by atoms with Crippen molar-refractivity contribution in [3.63, 3.8) is 0 Å². The molecular formula is C5H8ClN3O2. The molecule has 1 heterocycles. The highest BCUT2D eigenvalue weighted by Crippen LogP contribution is 2.09. The molecule has 0 atom stereocenters. The van der Waals surface area contributed by atoms with Crippen molar-refractivity contribution < 1.29 is 9.90 Å². The second-order valence-corrected chi connectivity index (χ2v) is 1.91. The number of nitrogens with zero attached hydrogens (tertiary/aromatic N) is 1. The Morgan fingerprint density at radius 1 is 1.73 bits per heavy atom. The smallest absolute Gasteiger partial charge is 0.354 e. The van der Waals surface area contributed by atoms with Crippen molar-refractivity contribution >= 4 is 24.2 Å². The molecule has 0 saturated heterocycles. The SMILES string of the molecule is Cc1c(N)n[nH]c1C(=O)O.Cl. The van der Waals surface area contributed by atoms with Gasteiger partial charge in [0.05, 0.1) is 0 Å². The summed E-state index contributed by atoms with van der Waals surface area (Å²) in [5.41, 5.74) is 5.81. The molecule has 1 aromatic rings. The fourth-order valence-corrected chi connectivity index (χ4v) is 0.620. The van der Waals surface area contributed by atoms with E-state index in [1.54, 1.807) is 6.92 Å². The quantitative estimate of drug-likeness (QED) is 0.580. The first-order valence-electron chi connectivity index (χ1n) is 2.66. The van der Waals surface area contributed by atoms with Crippen LogP contribution in [0.25, 0.3) is 0 Å². The molecule has 0 aromatic carbocycles. The molecule has 0 radical (unpaired) electrons. The number of rotatable bonds is 1. The van der Waals surface area contributed by atoms with E-state index in [0.29, 0.717) is 5.56 Å². The number of aromatic amines is 1. The first-order chi connectivity index (χ1) is 4.63. The van der Waals surface area contributed by atoms with Crippen molar-refractivity contribution in [1.29, 1.82) is 0 Å². The average molecular weight is 178 g/mol. The highest BCUT2D eigenvalue weighted by molar-refractivity contribution is 5.88. The standard InChI is InChI=1S/C5H7N3O2.ClH/c1-2-3(5(9)10)7-8-4(2)6;/h1H3,(H,9,10)(H3,6,7,8);1H. The maximum Gasteiger partial charge on any atom is 0.354 e. The van der Waals surface area contributed by atoms with E-state index >= 15 is 0 Å². The Kier molecular flexibility index (Phi) is 2.88. The van der Waals surface area contributed by atoms with E-state index in [9.17, 15) is 4.79 Å². The zero-order valence-electron chi connectivity index (χ0n) is 5.79. The minimum absolute atomic E-state index is 0. The number of nitrogen functional groups attached to an aromatic ring is 1. The lowest BCUT2D eigenvalue weighted by Gasteiger charge is -1.87. The molecule has 5 nitrogen and oxygen atoms in total. The molecule has 0 aliphatic carbocycles. The number of anilines is 1. The van der Waals surface area contributed by atoms with Crippen LogP contribution >= 0.6 is 12.4 Å². The van der Waals surface area contributed by atoms with Gasteiger partial charge in [0, 0.05) is 5.56 Å².